The monoisotopic (exact) mass is 367 g/mol. The molecule has 0 unspecified atom stereocenters. The average molecular weight is 368 g/mol. The van der Waals surface area contributed by atoms with E-state index in [1.54, 1.807) is 23.1 Å². The van der Waals surface area contributed by atoms with Crippen molar-refractivity contribution < 1.29 is 14.6 Å². The van der Waals surface area contributed by atoms with Crippen LogP contribution in [0.5, 0.6) is 0 Å². The Balaban J connectivity index is 1.53. The molecule has 0 amide bonds. The molecule has 6 heteroatoms. The molecule has 0 bridgehead atoms. The number of para-hydroxylation sites is 1. The SMILES string of the molecule is COC(=O)CCCCCCC[C@H](O)CSc1nc2ccccc2s1. The van der Waals surface area contributed by atoms with Crippen LogP contribution in [0.4, 0.5) is 0 Å². The molecule has 0 aliphatic rings. The number of unbranched alkanes of at least 4 members (excludes halogenated alkanes) is 4. The van der Waals surface area contributed by atoms with Gasteiger partial charge in [-0.2, -0.15) is 0 Å². The van der Waals surface area contributed by atoms with Crippen molar-refractivity contribution in [2.75, 3.05) is 12.9 Å². The highest BCUT2D eigenvalue weighted by molar-refractivity contribution is 8.01. The first-order chi connectivity index (χ1) is 11.7. The third kappa shape index (κ3) is 6.79. The molecule has 0 spiro atoms. The van der Waals surface area contributed by atoms with Gasteiger partial charge in [-0.25, -0.2) is 4.98 Å². The number of hydrogen-bond donors (Lipinski definition) is 1. The molecule has 0 fully saturated rings. The van der Waals surface area contributed by atoms with Gasteiger partial charge in [-0.1, -0.05) is 49.6 Å². The molecular formula is C18H25NO3S2. The molecule has 0 aliphatic carbocycles. The first-order valence-electron chi connectivity index (χ1n) is 8.42. The predicted octanol–water partition coefficient (Wildman–Crippen LogP) is 4.65. The van der Waals surface area contributed by atoms with E-state index in [0.717, 1.165) is 48.4 Å². The van der Waals surface area contributed by atoms with Gasteiger partial charge in [0, 0.05) is 12.2 Å². The average Bonchev–Trinajstić information content (AvgIpc) is 3.01. The lowest BCUT2D eigenvalue weighted by molar-refractivity contribution is -0.140. The molecule has 1 heterocycles. The van der Waals surface area contributed by atoms with Crippen molar-refractivity contribution in [1.82, 2.24) is 4.98 Å². The fourth-order valence-corrected chi connectivity index (χ4v) is 4.52. The van der Waals surface area contributed by atoms with Gasteiger partial charge in [0.2, 0.25) is 0 Å². The number of carbonyl (C=O) groups is 1. The van der Waals surface area contributed by atoms with Crippen molar-refractivity contribution in [2.24, 2.45) is 0 Å². The minimum Gasteiger partial charge on any atom is -0.469 e. The number of nitrogens with zero attached hydrogens (tertiary/aromatic N) is 1. The highest BCUT2D eigenvalue weighted by atomic mass is 32.2. The van der Waals surface area contributed by atoms with Crippen LogP contribution in [0.1, 0.15) is 44.9 Å². The zero-order valence-electron chi connectivity index (χ0n) is 14.1. The highest BCUT2D eigenvalue weighted by Crippen LogP contribution is 2.30. The molecular weight excluding hydrogens is 342 g/mol. The number of aliphatic hydroxyl groups excluding tert-OH is 1. The Kier molecular flexibility index (Phi) is 8.56. The summed E-state index contributed by atoms with van der Waals surface area (Å²) < 4.78 is 6.84. The van der Waals surface area contributed by atoms with E-state index in [0.29, 0.717) is 12.2 Å². The zero-order chi connectivity index (χ0) is 17.2. The van der Waals surface area contributed by atoms with E-state index in [1.165, 1.54) is 11.8 Å². The topological polar surface area (TPSA) is 59.4 Å². The number of benzene rings is 1. The number of methoxy groups -OCH3 is 1. The van der Waals surface area contributed by atoms with Gasteiger partial charge in [0.15, 0.2) is 4.34 Å². The summed E-state index contributed by atoms with van der Waals surface area (Å²) >= 11 is 3.32. The van der Waals surface area contributed by atoms with Gasteiger partial charge in [-0.15, -0.1) is 11.3 Å². The summed E-state index contributed by atoms with van der Waals surface area (Å²) in [6.45, 7) is 0. The summed E-state index contributed by atoms with van der Waals surface area (Å²) in [4.78, 5) is 15.5. The molecule has 24 heavy (non-hydrogen) atoms. The van der Waals surface area contributed by atoms with Gasteiger partial charge in [0.25, 0.3) is 0 Å². The number of ether oxygens (including phenoxy) is 1. The lowest BCUT2D eigenvalue weighted by atomic mass is 10.1. The van der Waals surface area contributed by atoms with Crippen molar-refractivity contribution in [1.29, 1.82) is 0 Å². The fourth-order valence-electron chi connectivity index (χ4n) is 2.45. The van der Waals surface area contributed by atoms with Gasteiger partial charge in [0.1, 0.15) is 0 Å². The standard InChI is InChI=1S/C18H25NO3S2/c1-22-17(21)12-6-4-2-3-5-9-14(20)13-23-18-19-15-10-7-8-11-16(15)24-18/h7-8,10-11,14,20H,2-6,9,12-13H2,1H3/t14-/m0/s1. The van der Waals surface area contributed by atoms with Crippen molar-refractivity contribution in [3.05, 3.63) is 24.3 Å². The van der Waals surface area contributed by atoms with Gasteiger partial charge in [0.05, 0.1) is 23.4 Å². The molecule has 4 nitrogen and oxygen atoms in total. The van der Waals surface area contributed by atoms with E-state index >= 15 is 0 Å². The normalized spacial score (nSPS) is 12.4. The fraction of sp³-hybridized carbons (Fsp3) is 0.556. The number of thiazole rings is 1. The van der Waals surface area contributed by atoms with E-state index in [9.17, 15) is 9.90 Å². The maximum absolute atomic E-state index is 11.0. The molecule has 1 N–H and O–H groups in total. The maximum atomic E-state index is 11.0. The largest absolute Gasteiger partial charge is 0.469 e. The van der Waals surface area contributed by atoms with Crippen LogP contribution in [0.2, 0.25) is 0 Å². The maximum Gasteiger partial charge on any atom is 0.305 e. The Bertz CT molecular complexity index is 597. The minimum atomic E-state index is -0.280. The molecule has 2 rings (SSSR count). The van der Waals surface area contributed by atoms with Gasteiger partial charge in [-0.3, -0.25) is 4.79 Å². The third-order valence-corrected chi connectivity index (χ3v) is 6.14. The van der Waals surface area contributed by atoms with Crippen LogP contribution in [-0.4, -0.2) is 35.0 Å². The Morgan fingerprint density at radius 1 is 1.25 bits per heavy atom. The summed E-state index contributed by atoms with van der Waals surface area (Å²) in [7, 11) is 1.43. The molecule has 1 aromatic heterocycles. The summed E-state index contributed by atoms with van der Waals surface area (Å²) in [6, 6.07) is 8.12. The second-order valence-corrected chi connectivity index (χ2v) is 8.09. The third-order valence-electron chi connectivity index (χ3n) is 3.82. The zero-order valence-corrected chi connectivity index (χ0v) is 15.7. The van der Waals surface area contributed by atoms with Crippen LogP contribution in [0.15, 0.2) is 28.6 Å². The lowest BCUT2D eigenvalue weighted by Gasteiger charge is -2.08. The molecule has 1 aromatic carbocycles. The minimum absolute atomic E-state index is 0.128. The number of fused-ring (bicyclic) bond motifs is 1. The Hall–Kier alpha value is -1.11. The summed E-state index contributed by atoms with van der Waals surface area (Å²) in [5.41, 5.74) is 1.03. The molecule has 0 saturated heterocycles. The van der Waals surface area contributed by atoms with E-state index in [-0.39, 0.29) is 12.1 Å². The first-order valence-corrected chi connectivity index (χ1v) is 10.2. The highest BCUT2D eigenvalue weighted by Gasteiger charge is 2.08. The van der Waals surface area contributed by atoms with Crippen LogP contribution in [0, 0.1) is 0 Å². The second-order valence-electron chi connectivity index (χ2n) is 5.79. The van der Waals surface area contributed by atoms with E-state index in [1.807, 2.05) is 18.2 Å². The number of thioether (sulfide) groups is 1. The van der Waals surface area contributed by atoms with Crippen LogP contribution < -0.4 is 0 Å². The van der Waals surface area contributed by atoms with Crippen molar-refractivity contribution in [3.63, 3.8) is 0 Å². The number of rotatable bonds is 11. The van der Waals surface area contributed by atoms with Crippen LogP contribution in [0.3, 0.4) is 0 Å². The first kappa shape index (κ1) is 19.2. The molecule has 0 aliphatic heterocycles. The number of hydrogen-bond acceptors (Lipinski definition) is 6. The lowest BCUT2D eigenvalue weighted by Crippen LogP contribution is -2.09. The quantitative estimate of drug-likeness (QED) is 0.356. The second kappa shape index (κ2) is 10.7. The Labute approximate surface area is 151 Å². The smallest absolute Gasteiger partial charge is 0.305 e. The molecule has 132 valence electrons. The predicted molar refractivity (Wildman–Crippen MR) is 101 cm³/mol. The number of esters is 1. The summed E-state index contributed by atoms with van der Waals surface area (Å²) in [5.74, 6) is 0.569. The summed E-state index contributed by atoms with van der Waals surface area (Å²) in [6.07, 6.45) is 6.23. The van der Waals surface area contributed by atoms with Gasteiger partial charge >= 0.3 is 5.97 Å². The van der Waals surface area contributed by atoms with E-state index < -0.39 is 0 Å². The molecule has 2 aromatic rings. The van der Waals surface area contributed by atoms with Gasteiger partial charge in [-0.05, 0) is 25.0 Å². The summed E-state index contributed by atoms with van der Waals surface area (Å²) in [5, 5.41) is 10.1. The van der Waals surface area contributed by atoms with E-state index in [2.05, 4.69) is 15.8 Å². The number of aliphatic hydroxyl groups is 1. The van der Waals surface area contributed by atoms with Crippen LogP contribution in [-0.2, 0) is 9.53 Å². The number of aromatic nitrogens is 1. The Morgan fingerprint density at radius 3 is 2.79 bits per heavy atom. The van der Waals surface area contributed by atoms with E-state index in [4.69, 9.17) is 0 Å². The van der Waals surface area contributed by atoms with Crippen LogP contribution in [0.25, 0.3) is 10.2 Å². The molecule has 0 saturated carbocycles. The van der Waals surface area contributed by atoms with Crippen molar-refractivity contribution in [3.8, 4) is 0 Å². The van der Waals surface area contributed by atoms with Crippen molar-refractivity contribution in [2.45, 2.75) is 55.4 Å². The van der Waals surface area contributed by atoms with Gasteiger partial charge < -0.3 is 9.84 Å². The number of carbonyl (C=O) groups excluding carboxylic acids is 1. The molecule has 1 atom stereocenters. The molecule has 0 radical (unpaired) electrons. The van der Waals surface area contributed by atoms with Crippen LogP contribution >= 0.6 is 23.1 Å². The van der Waals surface area contributed by atoms with Crippen molar-refractivity contribution >= 4 is 39.3 Å². The Morgan fingerprint density at radius 2 is 2.00 bits per heavy atom.